The van der Waals surface area contributed by atoms with Crippen LogP contribution in [0.15, 0.2) is 174 Å². The highest BCUT2D eigenvalue weighted by Crippen LogP contribution is 2.43. The molecule has 5 N–H and O–H groups in total. The van der Waals surface area contributed by atoms with E-state index in [1.807, 2.05) is 157 Å². The highest BCUT2D eigenvalue weighted by Gasteiger charge is 2.61. The van der Waals surface area contributed by atoms with Crippen molar-refractivity contribution in [2.45, 2.75) is 67.3 Å². The lowest BCUT2D eigenvalue weighted by atomic mass is 9.77. The van der Waals surface area contributed by atoms with Gasteiger partial charge in [-0.15, -0.1) is 35.3 Å². The smallest absolute Gasteiger partial charge is 0.354 e. The molecular formula is C60H57IN6O10S2. The first-order chi connectivity index (χ1) is 37.9. The van der Waals surface area contributed by atoms with Crippen molar-refractivity contribution in [2.75, 3.05) is 30.7 Å². The number of nitrogens with zero attached hydrogens (tertiary/aromatic N) is 4. The molecule has 1 aliphatic carbocycles. The van der Waals surface area contributed by atoms with Crippen molar-refractivity contribution in [1.82, 2.24) is 20.1 Å². The van der Waals surface area contributed by atoms with Crippen molar-refractivity contribution < 1.29 is 48.3 Å². The summed E-state index contributed by atoms with van der Waals surface area (Å²) in [5.74, 6) is -4.24. The fourth-order valence-corrected chi connectivity index (χ4v) is 14.1. The van der Waals surface area contributed by atoms with Gasteiger partial charge in [0.15, 0.2) is 28.4 Å². The molecular weight excluding hydrogens is 1160 g/mol. The lowest BCUT2D eigenvalue weighted by Crippen LogP contribution is -2.78. The third-order valence-corrected chi connectivity index (χ3v) is 18.0. The Hall–Kier alpha value is -7.46. The average Bonchev–Trinajstić information content (AvgIpc) is 4.30. The second kappa shape index (κ2) is 23.1. The summed E-state index contributed by atoms with van der Waals surface area (Å²) in [6.07, 6.45) is 1.37. The Kier molecular flexibility index (Phi) is 16.0. The maximum Gasteiger partial charge on any atom is 0.354 e. The molecule has 79 heavy (non-hydrogen) atoms. The molecule has 0 bridgehead atoms. The maximum atomic E-state index is 15.0. The minimum absolute atomic E-state index is 0. The lowest BCUT2D eigenvalue weighted by molar-refractivity contribution is -0.176. The molecule has 6 aromatic carbocycles. The van der Waals surface area contributed by atoms with Crippen LogP contribution in [0.3, 0.4) is 0 Å². The zero-order valence-electron chi connectivity index (χ0n) is 42.7. The van der Waals surface area contributed by atoms with Crippen LogP contribution in [-0.2, 0) is 58.1 Å². The molecule has 406 valence electrons. The number of aliphatic carboxylic acids is 1. The molecule has 4 heterocycles. The van der Waals surface area contributed by atoms with E-state index in [0.717, 1.165) is 38.9 Å². The van der Waals surface area contributed by atoms with Crippen LogP contribution in [0.25, 0.3) is 0 Å². The number of anilines is 1. The van der Waals surface area contributed by atoms with Gasteiger partial charge in [0.05, 0.1) is 0 Å². The Balaban J connectivity index is 0.00000704. The summed E-state index contributed by atoms with van der Waals surface area (Å²) < 4.78 is 20.7. The fraction of sp³-hybridized carbons (Fsp3) is 0.267. The van der Waals surface area contributed by atoms with E-state index < -0.39 is 68.6 Å². The number of esters is 1. The first-order valence-corrected chi connectivity index (χ1v) is 28.1. The minimum atomic E-state index is -1.96. The average molecular weight is 1210 g/mol. The number of fused-ring (bicyclic) bond motifs is 2. The molecule has 2 saturated heterocycles. The van der Waals surface area contributed by atoms with Crippen LogP contribution in [0.2, 0.25) is 0 Å². The number of amides is 2. The predicted molar refractivity (Wildman–Crippen MR) is 309 cm³/mol. The lowest BCUT2D eigenvalue weighted by Gasteiger charge is -2.54. The number of oxime groups is 1. The normalized spacial score (nSPS) is 20.7. The number of aromatic nitrogens is 1. The summed E-state index contributed by atoms with van der Waals surface area (Å²) >= 11 is 1.21. The Morgan fingerprint density at radius 2 is 1.33 bits per heavy atom. The predicted octanol–water partition coefficient (Wildman–Crippen LogP) is 8.49. The molecule has 0 spiro atoms. The number of ether oxygens (including phenoxy) is 1. The second-order valence-corrected chi connectivity index (χ2v) is 22.7. The van der Waals surface area contributed by atoms with Gasteiger partial charge in [0.2, 0.25) is 11.5 Å². The number of rotatable bonds is 17. The van der Waals surface area contributed by atoms with Crippen molar-refractivity contribution in [3.8, 4) is 11.5 Å². The highest BCUT2D eigenvalue weighted by molar-refractivity contribution is 14.0. The molecule has 3 aliphatic heterocycles. The Bertz CT molecular complexity index is 3270. The van der Waals surface area contributed by atoms with Crippen LogP contribution < -0.4 is 10.6 Å². The third kappa shape index (κ3) is 10.8. The number of thiazole rings is 1. The van der Waals surface area contributed by atoms with E-state index in [4.69, 9.17) is 14.6 Å². The van der Waals surface area contributed by atoms with E-state index >= 15 is 4.79 Å². The molecule has 11 rings (SSSR count). The zero-order chi connectivity index (χ0) is 54.0. The summed E-state index contributed by atoms with van der Waals surface area (Å²) in [6, 6.07) is 50.1. The van der Waals surface area contributed by atoms with Crippen LogP contribution in [0, 0.1) is 5.41 Å². The van der Waals surface area contributed by atoms with E-state index in [1.54, 1.807) is 5.38 Å². The summed E-state index contributed by atoms with van der Waals surface area (Å²) in [5, 5.41) is 43.0. The molecule has 3 fully saturated rings. The maximum absolute atomic E-state index is 15.0. The number of β-lactam (4-membered cyclic amide) rings is 1. The highest BCUT2D eigenvalue weighted by atomic mass is 127. The van der Waals surface area contributed by atoms with Gasteiger partial charge in [-0.3, -0.25) is 23.5 Å². The SMILES string of the molecule is I.O=C(NC1C(=O)N2CC(CN3CCc4cc(O)c(O)cc4C3)(C(=O)O)CS(=O)[C@H]12)C(=NOC1(C(=O)OC(c2ccccc2)c2ccccc2)CCCC1)c1csc(NC(c2ccccc2)(c2ccccc2)c2ccccc2)n1. The summed E-state index contributed by atoms with van der Waals surface area (Å²) in [5.41, 5.74) is 1.23. The van der Waals surface area contributed by atoms with E-state index in [-0.39, 0.29) is 85.1 Å². The van der Waals surface area contributed by atoms with Gasteiger partial charge >= 0.3 is 11.9 Å². The van der Waals surface area contributed by atoms with Gasteiger partial charge in [0.1, 0.15) is 28.1 Å². The van der Waals surface area contributed by atoms with Gasteiger partial charge in [0.25, 0.3) is 5.91 Å². The van der Waals surface area contributed by atoms with Gasteiger partial charge in [-0.25, -0.2) is 9.78 Å². The van der Waals surface area contributed by atoms with E-state index in [2.05, 4.69) is 15.8 Å². The molecule has 1 saturated carbocycles. The Morgan fingerprint density at radius 3 is 1.87 bits per heavy atom. The minimum Gasteiger partial charge on any atom is -0.504 e. The largest absolute Gasteiger partial charge is 0.504 e. The number of nitrogens with one attached hydrogen (secondary N) is 2. The number of benzene rings is 6. The van der Waals surface area contributed by atoms with Crippen molar-refractivity contribution >= 4 is 80.7 Å². The van der Waals surface area contributed by atoms with Gasteiger partial charge < -0.3 is 40.4 Å². The molecule has 4 atom stereocenters. The second-order valence-electron chi connectivity index (χ2n) is 20.3. The topological polar surface area (TPSA) is 220 Å². The summed E-state index contributed by atoms with van der Waals surface area (Å²) in [7, 11) is -1.96. The Labute approximate surface area is 480 Å². The number of aromatic hydroxyl groups is 2. The quantitative estimate of drug-likeness (QED) is 0.0110. The Morgan fingerprint density at radius 1 is 0.797 bits per heavy atom. The van der Waals surface area contributed by atoms with Gasteiger partial charge in [-0.1, -0.05) is 157 Å². The van der Waals surface area contributed by atoms with Crippen LogP contribution >= 0.6 is 35.3 Å². The monoisotopic (exact) mass is 1210 g/mol. The number of hydrogen-bond acceptors (Lipinski definition) is 14. The third-order valence-electron chi connectivity index (χ3n) is 15.4. The number of hydrogen-bond donors (Lipinski definition) is 5. The van der Waals surface area contributed by atoms with Gasteiger partial charge in [-0.2, -0.15) is 0 Å². The molecule has 16 nitrogen and oxygen atoms in total. The van der Waals surface area contributed by atoms with E-state index in [0.29, 0.717) is 30.9 Å². The van der Waals surface area contributed by atoms with Crippen molar-refractivity contribution in [3.05, 3.63) is 214 Å². The first-order valence-electron chi connectivity index (χ1n) is 25.8. The van der Waals surface area contributed by atoms with Gasteiger partial charge in [-0.05, 0) is 70.3 Å². The summed E-state index contributed by atoms with van der Waals surface area (Å²) in [4.78, 5) is 71.6. The van der Waals surface area contributed by atoms with E-state index in [1.165, 1.54) is 28.4 Å². The molecule has 2 amide bonds. The number of carboxylic acids is 1. The van der Waals surface area contributed by atoms with Crippen molar-refractivity contribution in [1.29, 1.82) is 0 Å². The van der Waals surface area contributed by atoms with Crippen molar-refractivity contribution in [3.63, 3.8) is 0 Å². The molecule has 0 radical (unpaired) electrons. The number of phenolic OH excluding ortho intramolecular Hbond substituents is 2. The van der Waals surface area contributed by atoms with Gasteiger partial charge in [0, 0.05) is 61.0 Å². The zero-order valence-corrected chi connectivity index (χ0v) is 46.6. The van der Waals surface area contributed by atoms with Crippen molar-refractivity contribution in [2.24, 2.45) is 10.6 Å². The van der Waals surface area contributed by atoms with Crippen LogP contribution in [0.4, 0.5) is 5.13 Å². The standard InChI is InChI=1S/C60H56N6O10S2.HI/c67-47-32-41-28-31-65(34-42(41)33-48(47)68)36-58(55(71)72)37-66-53(70)50(54(66)78(74)38-58)62-52(69)49(64-76-59(29-16-17-30-59)56(73)75-51(39-18-6-1-7-19-39)40-20-8-2-9-21-40)46-35-77-57(61-46)63-60(43-22-10-3-11-23-43,44-24-12-4-13-25-44)45-26-14-5-15-27-45;/h1-15,18-27,32-33,35,50-51,54,67-68H,16-17,28-31,34,36-38H2,(H,61,63)(H,62,69)(H,71,72);1H/t50?,54-,58?,78?;/m1./s1. The fourth-order valence-electron chi connectivity index (χ4n) is 11.4. The number of carbonyl (C=O) groups is 4. The summed E-state index contributed by atoms with van der Waals surface area (Å²) in [6.45, 7) is 0.393. The number of phenols is 2. The molecule has 3 unspecified atom stereocenters. The van der Waals surface area contributed by atoms with Crippen LogP contribution in [0.1, 0.15) is 76.4 Å². The van der Waals surface area contributed by atoms with E-state index in [9.17, 15) is 33.9 Å². The number of carbonyl (C=O) groups excluding carboxylic acids is 3. The van der Waals surface area contributed by atoms with Crippen LogP contribution in [-0.4, -0.2) is 106 Å². The van der Waals surface area contributed by atoms with Crippen LogP contribution in [0.5, 0.6) is 11.5 Å². The molecule has 7 aromatic rings. The molecule has 19 heteroatoms. The number of carboxylic acid groups (broad SMARTS) is 1. The first kappa shape index (κ1) is 54.9. The molecule has 4 aliphatic rings. The number of halogens is 1. The molecule has 1 aromatic heterocycles.